The van der Waals surface area contributed by atoms with E-state index >= 15 is 0 Å². The third-order valence-electron chi connectivity index (χ3n) is 11.6. The number of sulfone groups is 1. The highest BCUT2D eigenvalue weighted by Gasteiger charge is 2.48. The van der Waals surface area contributed by atoms with Crippen LogP contribution in [-0.4, -0.2) is 90.9 Å². The van der Waals surface area contributed by atoms with Gasteiger partial charge in [0.2, 0.25) is 0 Å². The van der Waals surface area contributed by atoms with E-state index < -0.39 is 52.8 Å². The quantitative estimate of drug-likeness (QED) is 0.0912. The summed E-state index contributed by atoms with van der Waals surface area (Å²) in [4.78, 5) is 16.4. The molecule has 2 aliphatic heterocycles. The molecule has 0 aromatic heterocycles. The second-order valence-electron chi connectivity index (χ2n) is 15.8. The van der Waals surface area contributed by atoms with Gasteiger partial charge in [-0.05, 0) is 109 Å². The van der Waals surface area contributed by atoms with Gasteiger partial charge >= 0.3 is 5.51 Å². The first-order valence-electron chi connectivity index (χ1n) is 21.0. The highest BCUT2D eigenvalue weighted by Crippen LogP contribution is 2.40. The molecule has 2 aliphatic rings. The lowest BCUT2D eigenvalue weighted by Gasteiger charge is -2.36. The molecule has 2 fully saturated rings. The van der Waals surface area contributed by atoms with Crippen LogP contribution in [-0.2, 0) is 24.6 Å². The number of carbonyl (C=O) groups is 1. The lowest BCUT2D eigenvalue weighted by Crippen LogP contribution is -2.39. The molecule has 5 aromatic rings. The molecular weight excluding hydrogens is 919 g/mol. The molecule has 11 nitrogen and oxygen atoms in total. The van der Waals surface area contributed by atoms with Gasteiger partial charge in [-0.25, -0.2) is 21.6 Å². The summed E-state index contributed by atoms with van der Waals surface area (Å²) < 4.78 is 103. The van der Waals surface area contributed by atoms with Crippen molar-refractivity contribution in [3.63, 3.8) is 0 Å². The zero-order chi connectivity index (χ0) is 46.2. The number of nitriles is 1. The molecule has 0 bridgehead atoms. The minimum absolute atomic E-state index is 0.0454. The van der Waals surface area contributed by atoms with Crippen molar-refractivity contribution in [2.75, 3.05) is 61.9 Å². The Balaban J connectivity index is 1.03. The lowest BCUT2D eigenvalue weighted by atomic mass is 9.78. The summed E-state index contributed by atoms with van der Waals surface area (Å²) in [6, 6.07) is 35.3. The second kappa shape index (κ2) is 21.0. The summed E-state index contributed by atoms with van der Waals surface area (Å²) in [6.07, 6.45) is 1.87. The summed E-state index contributed by atoms with van der Waals surface area (Å²) in [7, 11) is -10.9. The Morgan fingerprint density at radius 1 is 0.862 bits per heavy atom. The first-order chi connectivity index (χ1) is 31.1. The number of nitrogens with zero attached hydrogens (tertiary/aromatic N) is 3. The maximum Gasteiger partial charge on any atom is 0.501 e. The topological polar surface area (TPSA) is 149 Å². The molecule has 5 aromatic carbocycles. The van der Waals surface area contributed by atoms with E-state index in [1.165, 1.54) is 23.9 Å². The van der Waals surface area contributed by atoms with Gasteiger partial charge in [0.05, 0.1) is 35.8 Å². The third-order valence-corrected chi connectivity index (χ3v) is 15.9. The molecule has 65 heavy (non-hydrogen) atoms. The van der Waals surface area contributed by atoms with E-state index in [4.69, 9.17) is 16.3 Å². The number of anilines is 2. The molecule has 0 radical (unpaired) electrons. The minimum Gasteiger partial charge on any atom is -0.380 e. The molecule has 0 saturated carbocycles. The fourth-order valence-corrected chi connectivity index (χ4v) is 11.2. The number of amides is 1. The van der Waals surface area contributed by atoms with Crippen LogP contribution in [0.4, 0.5) is 24.5 Å². The molecule has 2 N–H and O–H groups in total. The number of piperidine rings is 1. The van der Waals surface area contributed by atoms with Gasteiger partial charge in [-0.15, -0.1) is 11.8 Å². The Labute approximate surface area is 386 Å². The van der Waals surface area contributed by atoms with Crippen LogP contribution in [0.25, 0.3) is 11.1 Å². The van der Waals surface area contributed by atoms with Crippen molar-refractivity contribution in [3.8, 4) is 17.2 Å². The zero-order valence-electron chi connectivity index (χ0n) is 35.1. The van der Waals surface area contributed by atoms with Gasteiger partial charge in [-0.3, -0.25) is 9.69 Å². The SMILES string of the molecule is N#CC(c1ccccc1-c1ccc(Cl)cc1)C1CCN(c2ccc(C(=O)NS(=O)(=O)c3ccc(N[C@H](CCN4CCOCC4)CSc4ccccc4)c(S(=O)(=O)C(F)(F)F)c3)cc2)CC1. The first kappa shape index (κ1) is 47.9. The van der Waals surface area contributed by atoms with Gasteiger partial charge in [0.25, 0.3) is 25.8 Å². The lowest BCUT2D eigenvalue weighted by molar-refractivity contribution is -0.0435. The standard InChI is InChI=1S/C47H47ClF3N5O6S3/c48-36-14-10-33(11-15-36)41-8-4-5-9-42(41)43(31-52)34-20-24-56(25-21-34)38-16-12-35(13-17-38)46(57)54-65(60,61)40-18-19-44(45(30-40)64(58,59)47(49,50)51)53-37(22-23-55-26-28-62-29-27-55)32-63-39-6-2-1-3-7-39/h1-19,30,34,37,43,53H,20-29,32H2,(H,54,57)/t37-,43?/m1/s1. The average Bonchev–Trinajstić information content (AvgIpc) is 3.31. The summed E-state index contributed by atoms with van der Waals surface area (Å²) >= 11 is 7.56. The van der Waals surface area contributed by atoms with Crippen LogP contribution in [0.3, 0.4) is 0 Å². The number of benzene rings is 5. The van der Waals surface area contributed by atoms with E-state index in [0.29, 0.717) is 69.2 Å². The van der Waals surface area contributed by atoms with Crippen LogP contribution in [0, 0.1) is 17.2 Å². The number of alkyl halides is 3. The van der Waals surface area contributed by atoms with E-state index in [1.54, 1.807) is 12.1 Å². The molecule has 342 valence electrons. The summed E-state index contributed by atoms with van der Waals surface area (Å²) in [5, 5.41) is 14.0. The van der Waals surface area contributed by atoms with Crippen LogP contribution in [0.15, 0.2) is 136 Å². The van der Waals surface area contributed by atoms with Crippen molar-refractivity contribution in [1.29, 1.82) is 5.26 Å². The van der Waals surface area contributed by atoms with E-state index in [-0.39, 0.29) is 17.4 Å². The van der Waals surface area contributed by atoms with Crippen molar-refractivity contribution >= 4 is 60.5 Å². The monoisotopic (exact) mass is 965 g/mol. The van der Waals surface area contributed by atoms with Crippen molar-refractivity contribution in [2.24, 2.45) is 5.92 Å². The molecule has 2 heterocycles. The second-order valence-corrected chi connectivity index (χ2v) is 20.9. The molecule has 0 spiro atoms. The van der Waals surface area contributed by atoms with Gasteiger partial charge in [0.15, 0.2) is 0 Å². The van der Waals surface area contributed by atoms with Gasteiger partial charge in [-0.2, -0.15) is 18.4 Å². The van der Waals surface area contributed by atoms with Crippen molar-refractivity contribution in [2.45, 2.75) is 51.4 Å². The number of nitrogens with one attached hydrogen (secondary N) is 2. The molecule has 2 atom stereocenters. The zero-order valence-corrected chi connectivity index (χ0v) is 38.3. The summed E-state index contributed by atoms with van der Waals surface area (Å²) in [5.41, 5.74) is -2.55. The Morgan fingerprint density at radius 3 is 2.18 bits per heavy atom. The van der Waals surface area contributed by atoms with Crippen molar-refractivity contribution in [1.82, 2.24) is 9.62 Å². The number of sulfonamides is 1. The highest BCUT2D eigenvalue weighted by molar-refractivity contribution is 7.99. The Kier molecular flexibility index (Phi) is 15.5. The van der Waals surface area contributed by atoms with Crippen LogP contribution in [0.5, 0.6) is 0 Å². The highest BCUT2D eigenvalue weighted by atomic mass is 35.5. The fourth-order valence-electron chi connectivity index (χ4n) is 8.07. The number of carbonyl (C=O) groups excluding carboxylic acids is 1. The average molecular weight is 967 g/mol. The normalized spacial score (nSPS) is 16.3. The molecular formula is C47H47ClF3N5O6S3. The predicted octanol–water partition coefficient (Wildman–Crippen LogP) is 9.24. The van der Waals surface area contributed by atoms with Crippen LogP contribution >= 0.6 is 23.4 Å². The van der Waals surface area contributed by atoms with E-state index in [9.17, 15) is 40.1 Å². The fraction of sp³-hybridized carbons (Fsp3) is 0.319. The molecule has 2 saturated heterocycles. The maximum atomic E-state index is 14.2. The van der Waals surface area contributed by atoms with E-state index in [2.05, 4.69) is 21.2 Å². The van der Waals surface area contributed by atoms with Gasteiger partial charge < -0.3 is 15.0 Å². The van der Waals surface area contributed by atoms with Crippen molar-refractivity contribution in [3.05, 3.63) is 137 Å². The van der Waals surface area contributed by atoms with Crippen LogP contribution < -0.4 is 14.9 Å². The van der Waals surface area contributed by atoms with Crippen molar-refractivity contribution < 1.29 is 39.5 Å². The van der Waals surface area contributed by atoms with E-state index in [0.717, 1.165) is 52.2 Å². The molecule has 0 aliphatic carbocycles. The van der Waals surface area contributed by atoms with Crippen LogP contribution in [0.2, 0.25) is 5.02 Å². The summed E-state index contributed by atoms with van der Waals surface area (Å²) in [6.45, 7) is 4.22. The van der Waals surface area contributed by atoms with Crippen LogP contribution in [0.1, 0.15) is 41.1 Å². The number of thioether (sulfide) groups is 1. The molecule has 18 heteroatoms. The first-order valence-corrected chi connectivity index (χ1v) is 25.3. The number of rotatable bonds is 16. The van der Waals surface area contributed by atoms with Gasteiger partial charge in [-0.1, -0.05) is 66.2 Å². The van der Waals surface area contributed by atoms with Gasteiger partial charge in [0.1, 0.15) is 4.90 Å². The number of halogens is 4. The number of hydrogen-bond donors (Lipinski definition) is 2. The number of morpholine rings is 1. The third kappa shape index (κ3) is 11.8. The van der Waals surface area contributed by atoms with E-state index in [1.807, 2.05) is 83.6 Å². The molecule has 7 rings (SSSR count). The molecule has 1 unspecified atom stereocenters. The minimum atomic E-state index is -6.07. The van der Waals surface area contributed by atoms with Gasteiger partial charge in [0, 0.05) is 65.7 Å². The largest absolute Gasteiger partial charge is 0.501 e. The Hall–Kier alpha value is -5.09. The number of ether oxygens (including phenoxy) is 1. The molecule has 1 amide bonds. The number of hydrogen-bond acceptors (Lipinski definition) is 11. The smallest absolute Gasteiger partial charge is 0.380 e. The Bertz CT molecular complexity index is 2690. The Morgan fingerprint density at radius 2 is 1.52 bits per heavy atom. The predicted molar refractivity (Wildman–Crippen MR) is 247 cm³/mol. The summed E-state index contributed by atoms with van der Waals surface area (Å²) in [5.74, 6) is -0.970. The maximum absolute atomic E-state index is 14.2.